The summed E-state index contributed by atoms with van der Waals surface area (Å²) in [6, 6.07) is 0.899. The zero-order valence-corrected chi connectivity index (χ0v) is 34.8. The van der Waals surface area contributed by atoms with Gasteiger partial charge in [0, 0.05) is 29.2 Å². The number of rotatable bonds is 14. The molecule has 1 aromatic heterocycles. The van der Waals surface area contributed by atoms with E-state index < -0.39 is 49.2 Å². The van der Waals surface area contributed by atoms with Crippen molar-refractivity contribution in [2.75, 3.05) is 46.9 Å². The molecule has 2 heterocycles. The summed E-state index contributed by atoms with van der Waals surface area (Å²) >= 11 is 0. The number of ether oxygens (including phenoxy) is 2. The second kappa shape index (κ2) is 15.7. The van der Waals surface area contributed by atoms with Gasteiger partial charge in [0.2, 0.25) is 11.6 Å². The average Bonchev–Trinajstić information content (AvgIpc) is 3.77. The molecule has 1 saturated heterocycles. The lowest BCUT2D eigenvalue weighted by molar-refractivity contribution is -0.140. The second-order valence-electron chi connectivity index (χ2n) is 17.3. The van der Waals surface area contributed by atoms with Crippen molar-refractivity contribution in [3.63, 3.8) is 0 Å². The summed E-state index contributed by atoms with van der Waals surface area (Å²) < 4.78 is 41.9. The van der Waals surface area contributed by atoms with Crippen molar-refractivity contribution < 1.29 is 37.5 Å². The number of aliphatic hydroxyl groups is 1. The maximum Gasteiger partial charge on any atom is 0.265 e. The number of halogens is 1. The molecule has 6 rings (SSSR count). The Hall–Kier alpha value is -3.32. The van der Waals surface area contributed by atoms with Crippen molar-refractivity contribution in [1.29, 1.82) is 0 Å². The van der Waals surface area contributed by atoms with Gasteiger partial charge in [-0.25, -0.2) is 4.39 Å². The largest absolute Gasteiger partial charge is 0.507 e. The Kier molecular flexibility index (Phi) is 11.7. The van der Waals surface area contributed by atoms with Crippen LogP contribution in [0.1, 0.15) is 118 Å². The minimum atomic E-state index is -2.89. The molecular weight excluding hydrogens is 706 g/mol. The number of aliphatic hydroxyl groups excluding tert-OH is 1. The maximum absolute atomic E-state index is 16.4. The van der Waals surface area contributed by atoms with E-state index in [1.807, 2.05) is 51.2 Å². The number of nitrogens with zero attached hydrogens (tertiary/aromatic N) is 3. The molecule has 4 atom stereocenters. The zero-order valence-electron chi connectivity index (χ0n) is 33.8. The number of fused-ring (bicyclic) bond motifs is 4. The molecule has 0 spiro atoms. The van der Waals surface area contributed by atoms with E-state index in [-0.39, 0.29) is 46.2 Å². The van der Waals surface area contributed by atoms with Crippen LogP contribution in [0.15, 0.2) is 22.2 Å². The molecule has 4 aliphatic rings. The number of benzene rings is 1. The molecule has 1 aromatic carbocycles. The molecular formula is C42H60FN3O7Si. The highest BCUT2D eigenvalue weighted by molar-refractivity contribution is 6.74. The van der Waals surface area contributed by atoms with E-state index in [4.69, 9.17) is 18.4 Å². The zero-order chi connectivity index (χ0) is 39.2. The van der Waals surface area contributed by atoms with Crippen LogP contribution in [0.4, 0.5) is 4.39 Å². The van der Waals surface area contributed by atoms with Gasteiger partial charge in [-0.1, -0.05) is 59.6 Å². The van der Waals surface area contributed by atoms with Crippen molar-refractivity contribution in [2.24, 2.45) is 11.8 Å². The molecule has 1 N–H and O–H groups in total. The summed E-state index contributed by atoms with van der Waals surface area (Å²) in [6.45, 7) is 17.8. The Morgan fingerprint density at radius 1 is 1.07 bits per heavy atom. The number of aromatic nitrogens is 1. The monoisotopic (exact) mass is 765 g/mol. The van der Waals surface area contributed by atoms with Gasteiger partial charge in [0.15, 0.2) is 19.7 Å². The van der Waals surface area contributed by atoms with E-state index >= 15 is 14.0 Å². The van der Waals surface area contributed by atoms with Crippen LogP contribution in [0.5, 0.6) is 11.6 Å². The fourth-order valence-corrected chi connectivity index (χ4v) is 9.91. The minimum Gasteiger partial charge on any atom is -0.507 e. The van der Waals surface area contributed by atoms with Gasteiger partial charge in [-0.15, -0.1) is 0 Å². The predicted molar refractivity (Wildman–Crippen MR) is 210 cm³/mol. The molecule has 54 heavy (non-hydrogen) atoms. The number of carbonyl (C=O) groups excluding carboxylic acids is 2. The highest BCUT2D eigenvalue weighted by Gasteiger charge is 2.69. The van der Waals surface area contributed by atoms with Crippen molar-refractivity contribution in [3.8, 4) is 11.6 Å². The summed E-state index contributed by atoms with van der Waals surface area (Å²) in [5, 5.41) is 16.3. The van der Waals surface area contributed by atoms with E-state index in [9.17, 15) is 5.11 Å². The van der Waals surface area contributed by atoms with Crippen LogP contribution in [0.2, 0.25) is 18.1 Å². The average molecular weight is 766 g/mol. The third-order valence-electron chi connectivity index (χ3n) is 12.4. The molecule has 10 nitrogen and oxygen atoms in total. The van der Waals surface area contributed by atoms with Crippen LogP contribution < -0.4 is 9.47 Å². The number of likely N-dealkylation sites (tertiary alicyclic amines) is 1. The van der Waals surface area contributed by atoms with Gasteiger partial charge in [-0.05, 0) is 101 Å². The Labute approximate surface area is 321 Å². The van der Waals surface area contributed by atoms with Crippen LogP contribution >= 0.6 is 0 Å². The predicted octanol–water partition coefficient (Wildman–Crippen LogP) is 8.57. The van der Waals surface area contributed by atoms with Gasteiger partial charge in [-0.3, -0.25) is 19.4 Å². The Balaban J connectivity index is 1.55. The van der Waals surface area contributed by atoms with Crippen molar-refractivity contribution in [2.45, 2.75) is 116 Å². The van der Waals surface area contributed by atoms with E-state index in [1.165, 1.54) is 6.07 Å². The third kappa shape index (κ3) is 7.01. The first-order valence-electron chi connectivity index (χ1n) is 20.0. The van der Waals surface area contributed by atoms with Gasteiger partial charge in [0.25, 0.3) is 5.88 Å². The lowest BCUT2D eigenvalue weighted by atomic mass is 9.57. The summed E-state index contributed by atoms with van der Waals surface area (Å²) in [5.74, 6) is -2.52. The van der Waals surface area contributed by atoms with Crippen LogP contribution in [-0.2, 0) is 15.6 Å². The van der Waals surface area contributed by atoms with Gasteiger partial charge < -0.3 is 23.5 Å². The number of hydrogen-bond acceptors (Lipinski definition) is 10. The number of Topliss-reactive ketones (excluding diaryl/α,β-unsaturated/α-hetero) is 2. The van der Waals surface area contributed by atoms with Crippen LogP contribution in [0.25, 0.3) is 11.8 Å². The van der Waals surface area contributed by atoms with E-state index in [2.05, 4.69) is 37.8 Å². The summed E-state index contributed by atoms with van der Waals surface area (Å²) in [6.07, 6.45) is 9.88. The lowest BCUT2D eigenvalue weighted by Crippen LogP contribution is -2.68. The SMILES string of the molecule is CCCCOc1noc2c1C(=O)[C@@]1(O[Si](C)(C)C(C)(C)C)C(=O)C3=C(O)c4c(c(F)cc(/C=C/CN5CCCC5)c4OCCCC)C[C@H]3C[C@H]1[C@@H]2N(C)C. The fourth-order valence-electron chi connectivity index (χ4n) is 8.46. The fraction of sp³-hybridized carbons (Fsp3) is 0.643. The first kappa shape index (κ1) is 40.3. The normalized spacial score (nSPS) is 24.6. The Morgan fingerprint density at radius 3 is 2.37 bits per heavy atom. The second-order valence-corrected chi connectivity index (χ2v) is 22.1. The maximum atomic E-state index is 16.4. The topological polar surface area (TPSA) is 115 Å². The van der Waals surface area contributed by atoms with Crippen molar-refractivity contribution in [1.82, 2.24) is 15.0 Å². The third-order valence-corrected chi connectivity index (χ3v) is 16.8. The molecule has 0 radical (unpaired) electrons. The highest BCUT2D eigenvalue weighted by Crippen LogP contribution is 2.59. The summed E-state index contributed by atoms with van der Waals surface area (Å²) in [7, 11) is 0.868. The van der Waals surface area contributed by atoms with Crippen LogP contribution in [-0.4, -0.2) is 92.5 Å². The van der Waals surface area contributed by atoms with Crippen LogP contribution in [0, 0.1) is 17.7 Å². The van der Waals surface area contributed by atoms with Gasteiger partial charge in [-0.2, -0.15) is 0 Å². The minimum absolute atomic E-state index is 0.0492. The number of unbranched alkanes of at least 4 members (excludes halogenated alkanes) is 2. The first-order chi connectivity index (χ1) is 25.6. The summed E-state index contributed by atoms with van der Waals surface area (Å²) in [5.41, 5.74) is -0.798. The lowest BCUT2D eigenvalue weighted by Gasteiger charge is -2.55. The molecule has 296 valence electrons. The molecule has 0 amide bonds. The van der Waals surface area contributed by atoms with Gasteiger partial charge in [0.05, 0.1) is 24.8 Å². The molecule has 0 bridgehead atoms. The smallest absolute Gasteiger partial charge is 0.265 e. The van der Waals surface area contributed by atoms with E-state index in [1.54, 1.807) is 0 Å². The number of ketones is 2. The standard InChI is InChI=1S/C42H60FN3O7Si/c1-10-12-21-50-36-26(17-16-20-46-18-14-15-19-46)25-30(43)28-23-27-24-29-34(45(6)7)37-33(40(44-52-37)51-22-13-11-2)39(49)42(29,53-54(8,9)41(3,4)5)38(48)31(27)35(47)32(28)36/h16-17,25,27,29,34,47H,10-15,18-24H2,1-9H3/b17-16+/t27-,29-,34-,42-/m0/s1. The number of carbonyl (C=O) groups is 2. The summed E-state index contributed by atoms with van der Waals surface area (Å²) in [4.78, 5) is 35.3. The van der Waals surface area contributed by atoms with Gasteiger partial charge in [0.1, 0.15) is 22.9 Å². The van der Waals surface area contributed by atoms with Crippen molar-refractivity contribution in [3.05, 3.63) is 51.5 Å². The highest BCUT2D eigenvalue weighted by atomic mass is 28.4. The molecule has 2 fully saturated rings. The Morgan fingerprint density at radius 2 is 1.74 bits per heavy atom. The van der Waals surface area contributed by atoms with Gasteiger partial charge >= 0.3 is 0 Å². The molecule has 1 saturated carbocycles. The first-order valence-corrected chi connectivity index (χ1v) is 22.9. The molecule has 3 aliphatic carbocycles. The molecule has 1 aliphatic heterocycles. The molecule has 2 aromatic rings. The van der Waals surface area contributed by atoms with Crippen molar-refractivity contribution >= 4 is 31.7 Å². The Bertz CT molecular complexity index is 1800. The molecule has 0 unspecified atom stereocenters. The molecule has 12 heteroatoms. The number of hydrogen-bond donors (Lipinski definition) is 1. The van der Waals surface area contributed by atoms with Crippen LogP contribution in [0.3, 0.4) is 0 Å². The quantitative estimate of drug-likeness (QED) is 0.114. The van der Waals surface area contributed by atoms with E-state index in [0.717, 1.165) is 58.2 Å². The van der Waals surface area contributed by atoms with E-state index in [0.29, 0.717) is 35.9 Å².